The number of rotatable bonds is 1. The Labute approximate surface area is 75.5 Å². The Kier molecular flexibility index (Phi) is 3.06. The zero-order valence-electron chi connectivity index (χ0n) is 7.67. The molecule has 1 rings (SSSR count). The van der Waals surface area contributed by atoms with Gasteiger partial charge in [-0.1, -0.05) is 25.5 Å². The van der Waals surface area contributed by atoms with Gasteiger partial charge in [-0.15, -0.1) is 0 Å². The monoisotopic (exact) mass is 170 g/mol. The first-order chi connectivity index (χ1) is 5.11. The van der Waals surface area contributed by atoms with Gasteiger partial charge < -0.3 is 0 Å². The van der Waals surface area contributed by atoms with Gasteiger partial charge in [0.1, 0.15) is 0 Å². The van der Waals surface area contributed by atoms with E-state index in [1.807, 2.05) is 0 Å². The lowest BCUT2D eigenvalue weighted by Gasteiger charge is -2.26. The topological polar surface area (TPSA) is 0 Å². The van der Waals surface area contributed by atoms with E-state index in [2.05, 4.69) is 39.5 Å². The van der Waals surface area contributed by atoms with Gasteiger partial charge in [-0.3, -0.25) is 0 Å². The van der Waals surface area contributed by atoms with Crippen molar-refractivity contribution >= 4 is 12.6 Å². The first-order valence-electron chi connectivity index (χ1n) is 4.50. The highest BCUT2D eigenvalue weighted by Gasteiger charge is 2.18. The van der Waals surface area contributed by atoms with Gasteiger partial charge in [-0.2, -0.15) is 12.6 Å². The Balaban J connectivity index is 2.63. The molecule has 0 heterocycles. The fourth-order valence-electron chi connectivity index (χ4n) is 1.59. The Hall–Kier alpha value is 0.0900. The molecule has 0 saturated heterocycles. The molecular formula is C10H18S. The Morgan fingerprint density at radius 2 is 2.18 bits per heavy atom. The summed E-state index contributed by atoms with van der Waals surface area (Å²) in [5.41, 5.74) is 1.54. The van der Waals surface area contributed by atoms with Crippen molar-refractivity contribution in [3.8, 4) is 0 Å². The van der Waals surface area contributed by atoms with Crippen LogP contribution in [0.4, 0.5) is 0 Å². The lowest BCUT2D eigenvalue weighted by Crippen LogP contribution is -2.14. The van der Waals surface area contributed by atoms with Crippen LogP contribution >= 0.6 is 12.6 Å². The molecule has 11 heavy (non-hydrogen) atoms. The number of thiol groups is 1. The molecular weight excluding hydrogens is 152 g/mol. The predicted octanol–water partition coefficient (Wildman–Crippen LogP) is 3.30. The summed E-state index contributed by atoms with van der Waals surface area (Å²) >= 11 is 4.44. The molecule has 0 radical (unpaired) electrons. The van der Waals surface area contributed by atoms with Crippen LogP contribution in [0.15, 0.2) is 11.6 Å². The molecule has 0 amide bonds. The van der Waals surface area contributed by atoms with Gasteiger partial charge in [0.25, 0.3) is 0 Å². The normalized spacial score (nSPS) is 34.7. The maximum absolute atomic E-state index is 4.44. The summed E-state index contributed by atoms with van der Waals surface area (Å²) in [7, 11) is 0. The van der Waals surface area contributed by atoms with Gasteiger partial charge in [-0.25, -0.2) is 0 Å². The Bertz CT molecular complexity index is 158. The molecule has 0 aromatic heterocycles. The fourth-order valence-corrected chi connectivity index (χ4v) is 1.81. The van der Waals surface area contributed by atoms with E-state index in [9.17, 15) is 0 Å². The molecule has 1 heteroatoms. The summed E-state index contributed by atoms with van der Waals surface area (Å²) < 4.78 is 0. The van der Waals surface area contributed by atoms with Crippen LogP contribution in [0, 0.1) is 11.8 Å². The zero-order chi connectivity index (χ0) is 8.43. The minimum atomic E-state index is 0.463. The zero-order valence-corrected chi connectivity index (χ0v) is 8.57. The SMILES string of the molecule is CC(S)C1=CC(C)C(C)CC1. The van der Waals surface area contributed by atoms with Crippen molar-refractivity contribution in [3.63, 3.8) is 0 Å². The van der Waals surface area contributed by atoms with Crippen molar-refractivity contribution < 1.29 is 0 Å². The van der Waals surface area contributed by atoms with E-state index >= 15 is 0 Å². The highest BCUT2D eigenvalue weighted by atomic mass is 32.1. The number of allylic oxidation sites excluding steroid dienone is 1. The summed E-state index contributed by atoms with van der Waals surface area (Å²) in [6.45, 7) is 6.80. The molecule has 3 unspecified atom stereocenters. The molecule has 0 nitrogen and oxygen atoms in total. The molecule has 64 valence electrons. The molecule has 0 saturated carbocycles. The minimum absolute atomic E-state index is 0.463. The maximum atomic E-state index is 4.44. The van der Waals surface area contributed by atoms with Gasteiger partial charge in [0.15, 0.2) is 0 Å². The van der Waals surface area contributed by atoms with Gasteiger partial charge in [-0.05, 0) is 31.6 Å². The molecule has 0 bridgehead atoms. The second kappa shape index (κ2) is 3.66. The highest BCUT2D eigenvalue weighted by Crippen LogP contribution is 2.30. The summed E-state index contributed by atoms with van der Waals surface area (Å²) in [6.07, 6.45) is 5.01. The third-order valence-electron chi connectivity index (χ3n) is 2.80. The van der Waals surface area contributed by atoms with Gasteiger partial charge in [0.05, 0.1) is 0 Å². The van der Waals surface area contributed by atoms with Crippen LogP contribution in [0.1, 0.15) is 33.6 Å². The van der Waals surface area contributed by atoms with Crippen molar-refractivity contribution in [3.05, 3.63) is 11.6 Å². The lowest BCUT2D eigenvalue weighted by molar-refractivity contribution is 0.402. The fraction of sp³-hybridized carbons (Fsp3) is 0.800. The van der Waals surface area contributed by atoms with E-state index < -0.39 is 0 Å². The van der Waals surface area contributed by atoms with Crippen molar-refractivity contribution in [2.45, 2.75) is 38.9 Å². The second-order valence-corrected chi connectivity index (χ2v) is 4.57. The van der Waals surface area contributed by atoms with E-state index in [0.29, 0.717) is 5.25 Å². The summed E-state index contributed by atoms with van der Waals surface area (Å²) in [5, 5.41) is 0.463. The van der Waals surface area contributed by atoms with E-state index in [4.69, 9.17) is 0 Å². The van der Waals surface area contributed by atoms with Crippen molar-refractivity contribution in [2.24, 2.45) is 11.8 Å². The van der Waals surface area contributed by atoms with Gasteiger partial charge >= 0.3 is 0 Å². The van der Waals surface area contributed by atoms with Crippen LogP contribution in [0.2, 0.25) is 0 Å². The Morgan fingerprint density at radius 1 is 1.55 bits per heavy atom. The van der Waals surface area contributed by atoms with E-state index in [0.717, 1.165) is 11.8 Å². The molecule has 1 aliphatic carbocycles. The molecule has 0 aromatic carbocycles. The molecule has 1 aliphatic rings. The van der Waals surface area contributed by atoms with Crippen molar-refractivity contribution in [2.75, 3.05) is 0 Å². The molecule has 0 aromatic rings. The molecule has 3 atom stereocenters. The van der Waals surface area contributed by atoms with Crippen molar-refractivity contribution in [1.82, 2.24) is 0 Å². The average Bonchev–Trinajstić information content (AvgIpc) is 1.94. The molecule has 0 aliphatic heterocycles. The van der Waals surface area contributed by atoms with Gasteiger partial charge in [0.2, 0.25) is 0 Å². The van der Waals surface area contributed by atoms with Crippen LogP contribution in [-0.2, 0) is 0 Å². The predicted molar refractivity (Wildman–Crippen MR) is 54.1 cm³/mol. The highest BCUT2D eigenvalue weighted by molar-refractivity contribution is 7.81. The molecule has 0 spiro atoms. The minimum Gasteiger partial charge on any atom is -0.172 e. The largest absolute Gasteiger partial charge is 0.172 e. The lowest BCUT2D eigenvalue weighted by atomic mass is 9.82. The van der Waals surface area contributed by atoms with Crippen LogP contribution in [0.5, 0.6) is 0 Å². The third-order valence-corrected chi connectivity index (χ3v) is 3.13. The summed E-state index contributed by atoms with van der Waals surface area (Å²) in [5.74, 6) is 1.62. The smallest absolute Gasteiger partial charge is 0.0198 e. The second-order valence-electron chi connectivity index (χ2n) is 3.79. The molecule has 0 fully saturated rings. The number of hydrogen-bond acceptors (Lipinski definition) is 1. The summed E-state index contributed by atoms with van der Waals surface area (Å²) in [6, 6.07) is 0. The third kappa shape index (κ3) is 2.26. The average molecular weight is 170 g/mol. The maximum Gasteiger partial charge on any atom is 0.0198 e. The van der Waals surface area contributed by atoms with Crippen LogP contribution < -0.4 is 0 Å². The number of hydrogen-bond donors (Lipinski definition) is 1. The van der Waals surface area contributed by atoms with E-state index in [1.54, 1.807) is 5.57 Å². The quantitative estimate of drug-likeness (QED) is 0.453. The van der Waals surface area contributed by atoms with Crippen molar-refractivity contribution in [1.29, 1.82) is 0 Å². The first-order valence-corrected chi connectivity index (χ1v) is 5.01. The first kappa shape index (κ1) is 9.18. The van der Waals surface area contributed by atoms with E-state index in [-0.39, 0.29) is 0 Å². The standard InChI is InChI=1S/C10H18S/c1-7-4-5-10(9(3)11)6-8(7)2/h6-9,11H,4-5H2,1-3H3. The summed E-state index contributed by atoms with van der Waals surface area (Å²) in [4.78, 5) is 0. The Morgan fingerprint density at radius 3 is 2.64 bits per heavy atom. The van der Waals surface area contributed by atoms with E-state index in [1.165, 1.54) is 12.8 Å². The molecule has 0 N–H and O–H groups in total. The van der Waals surface area contributed by atoms with Crippen LogP contribution in [0.25, 0.3) is 0 Å². The van der Waals surface area contributed by atoms with Gasteiger partial charge in [0, 0.05) is 5.25 Å². The van der Waals surface area contributed by atoms with Crippen LogP contribution in [-0.4, -0.2) is 5.25 Å². The van der Waals surface area contributed by atoms with Crippen LogP contribution in [0.3, 0.4) is 0 Å².